The molecule has 4 nitrogen and oxygen atoms in total. The van der Waals surface area contributed by atoms with Crippen molar-refractivity contribution in [3.63, 3.8) is 0 Å². The minimum absolute atomic E-state index is 0.0205. The highest BCUT2D eigenvalue weighted by Crippen LogP contribution is 2.35. The van der Waals surface area contributed by atoms with Crippen molar-refractivity contribution in [1.29, 1.82) is 0 Å². The molecule has 0 spiro atoms. The van der Waals surface area contributed by atoms with Gasteiger partial charge >= 0.3 is 6.18 Å². The number of hydrogen-bond acceptors (Lipinski definition) is 2. The average molecular weight is 366 g/mol. The highest BCUT2D eigenvalue weighted by atomic mass is 35.5. The van der Waals surface area contributed by atoms with Crippen molar-refractivity contribution < 1.29 is 18.0 Å². The maximum Gasteiger partial charge on any atom is 0.416 e. The normalized spacial score (nSPS) is 12.2. The fourth-order valence-electron chi connectivity index (χ4n) is 2.41. The Morgan fingerprint density at radius 1 is 1.20 bits per heavy atom. The number of aromatic nitrogens is 2. The lowest BCUT2D eigenvalue weighted by Gasteiger charge is -2.10. The lowest BCUT2D eigenvalue weighted by Crippen LogP contribution is -2.05. The first-order chi connectivity index (χ1) is 11.7. The number of amides is 1. The van der Waals surface area contributed by atoms with Crippen molar-refractivity contribution in [3.05, 3.63) is 58.9 Å². The zero-order chi connectivity index (χ0) is 18.2. The number of nitrogens with two attached hydrogens (primary N) is 1. The van der Waals surface area contributed by atoms with Gasteiger partial charge in [-0.25, -0.2) is 4.98 Å². The largest absolute Gasteiger partial charge is 0.416 e. The van der Waals surface area contributed by atoms with Crippen molar-refractivity contribution in [2.75, 3.05) is 0 Å². The van der Waals surface area contributed by atoms with Gasteiger partial charge in [0.1, 0.15) is 5.65 Å². The van der Waals surface area contributed by atoms with E-state index in [1.807, 2.05) is 0 Å². The van der Waals surface area contributed by atoms with Crippen molar-refractivity contribution in [3.8, 4) is 11.1 Å². The summed E-state index contributed by atoms with van der Waals surface area (Å²) in [5.74, 6) is -0.608. The summed E-state index contributed by atoms with van der Waals surface area (Å²) in [5.41, 5.74) is 6.17. The molecule has 8 heteroatoms. The van der Waals surface area contributed by atoms with E-state index in [1.54, 1.807) is 12.3 Å². The van der Waals surface area contributed by atoms with Crippen LogP contribution in [-0.4, -0.2) is 15.9 Å². The van der Waals surface area contributed by atoms with Crippen LogP contribution < -0.4 is 5.73 Å². The first-order valence-corrected chi connectivity index (χ1v) is 7.44. The number of alkyl halides is 3. The molecule has 0 bridgehead atoms. The highest BCUT2D eigenvalue weighted by Gasteiger charge is 2.31. The van der Waals surface area contributed by atoms with Crippen molar-refractivity contribution >= 4 is 34.6 Å². The van der Waals surface area contributed by atoms with E-state index in [2.05, 4.69) is 9.97 Å². The molecule has 3 N–H and O–H groups in total. The second-order valence-corrected chi connectivity index (χ2v) is 5.76. The Hall–Kier alpha value is -2.80. The van der Waals surface area contributed by atoms with Gasteiger partial charge < -0.3 is 10.7 Å². The molecule has 0 atom stereocenters. The third kappa shape index (κ3) is 3.66. The Balaban J connectivity index is 2.12. The van der Waals surface area contributed by atoms with Crippen LogP contribution in [-0.2, 0) is 11.0 Å². The highest BCUT2D eigenvalue weighted by molar-refractivity contribution is 6.31. The van der Waals surface area contributed by atoms with Gasteiger partial charge in [-0.05, 0) is 35.9 Å². The second-order valence-electron chi connectivity index (χ2n) is 5.33. The summed E-state index contributed by atoms with van der Waals surface area (Å²) in [4.78, 5) is 18.0. The molecule has 3 aromatic rings. The van der Waals surface area contributed by atoms with Crippen molar-refractivity contribution in [1.82, 2.24) is 9.97 Å². The molecule has 0 unspecified atom stereocenters. The quantitative estimate of drug-likeness (QED) is 0.675. The summed E-state index contributed by atoms with van der Waals surface area (Å²) in [7, 11) is 0. The fraction of sp³-hybridized carbons (Fsp3) is 0.0588. The molecule has 0 saturated carbocycles. The van der Waals surface area contributed by atoms with E-state index in [0.29, 0.717) is 27.7 Å². The van der Waals surface area contributed by atoms with E-state index in [9.17, 15) is 18.0 Å². The maximum absolute atomic E-state index is 13.0. The zero-order valence-corrected chi connectivity index (χ0v) is 13.3. The van der Waals surface area contributed by atoms with Crippen molar-refractivity contribution in [2.24, 2.45) is 5.73 Å². The van der Waals surface area contributed by atoms with E-state index >= 15 is 0 Å². The number of H-pyrrole nitrogens is 1. The van der Waals surface area contributed by atoms with Gasteiger partial charge in [0.15, 0.2) is 0 Å². The molecule has 0 saturated heterocycles. The number of hydrogen-bond donors (Lipinski definition) is 2. The standard InChI is InChI=1S/C17H11ClF3N3O/c18-13-4-10(3-12(6-13)17(19,20)21)11-5-14-9(1-2-15(22)25)7-23-16(14)24-8-11/h1-8H,(H2,22,25)(H,23,24)/b2-1+. The van der Waals surface area contributed by atoms with Gasteiger partial charge in [-0.3, -0.25) is 4.79 Å². The smallest absolute Gasteiger partial charge is 0.366 e. The van der Waals surface area contributed by atoms with Crippen LogP contribution in [0.15, 0.2) is 42.7 Å². The molecule has 25 heavy (non-hydrogen) atoms. The van der Waals surface area contributed by atoms with Crippen LogP contribution in [0.4, 0.5) is 13.2 Å². The summed E-state index contributed by atoms with van der Waals surface area (Å²) in [6.07, 6.45) is 1.27. The molecule has 0 aliphatic carbocycles. The van der Waals surface area contributed by atoms with Crippen LogP contribution in [0.5, 0.6) is 0 Å². The van der Waals surface area contributed by atoms with Gasteiger partial charge in [-0.15, -0.1) is 0 Å². The van der Waals surface area contributed by atoms with E-state index in [-0.39, 0.29) is 5.02 Å². The molecular formula is C17H11ClF3N3O. The number of rotatable bonds is 3. The molecular weight excluding hydrogens is 355 g/mol. The average Bonchev–Trinajstić information content (AvgIpc) is 2.93. The Morgan fingerprint density at radius 2 is 1.96 bits per heavy atom. The molecule has 0 fully saturated rings. The van der Waals surface area contributed by atoms with Crippen molar-refractivity contribution in [2.45, 2.75) is 6.18 Å². The number of nitrogens with zero attached hydrogens (tertiary/aromatic N) is 1. The number of fused-ring (bicyclic) bond motifs is 1. The predicted molar refractivity (Wildman–Crippen MR) is 89.8 cm³/mol. The minimum Gasteiger partial charge on any atom is -0.366 e. The van der Waals surface area contributed by atoms with Crippen LogP contribution in [0.2, 0.25) is 5.02 Å². The van der Waals surface area contributed by atoms with Gasteiger partial charge in [0.2, 0.25) is 5.91 Å². The summed E-state index contributed by atoms with van der Waals surface area (Å²) >= 11 is 5.83. The predicted octanol–water partition coefficient (Wildman–Crippen LogP) is 4.40. The lowest BCUT2D eigenvalue weighted by atomic mass is 10.0. The number of nitrogens with one attached hydrogen (secondary N) is 1. The molecule has 0 aliphatic heterocycles. The fourth-order valence-corrected chi connectivity index (χ4v) is 2.65. The van der Waals surface area contributed by atoms with E-state index in [1.165, 1.54) is 24.4 Å². The van der Waals surface area contributed by atoms with Gasteiger partial charge in [0.05, 0.1) is 5.56 Å². The topological polar surface area (TPSA) is 71.8 Å². The van der Waals surface area contributed by atoms with E-state index in [0.717, 1.165) is 12.1 Å². The first-order valence-electron chi connectivity index (χ1n) is 7.07. The van der Waals surface area contributed by atoms with Gasteiger partial charge in [0.25, 0.3) is 0 Å². The minimum atomic E-state index is -4.50. The number of pyridine rings is 1. The molecule has 2 heterocycles. The molecule has 1 aromatic carbocycles. The Kier molecular flexibility index (Phi) is 4.26. The number of benzene rings is 1. The summed E-state index contributed by atoms with van der Waals surface area (Å²) in [6.45, 7) is 0. The number of halogens is 4. The van der Waals surface area contributed by atoms with Gasteiger partial charge in [-0.2, -0.15) is 13.2 Å². The lowest BCUT2D eigenvalue weighted by molar-refractivity contribution is -0.137. The molecule has 3 rings (SSSR count). The SMILES string of the molecule is NC(=O)/C=C/c1c[nH]c2ncc(-c3cc(Cl)cc(C(F)(F)F)c3)cc12. The molecule has 0 radical (unpaired) electrons. The molecule has 0 aliphatic rings. The Bertz CT molecular complexity index is 992. The summed E-state index contributed by atoms with van der Waals surface area (Å²) in [6, 6.07) is 4.99. The van der Waals surface area contributed by atoms with Crippen LogP contribution in [0.1, 0.15) is 11.1 Å². The first kappa shape index (κ1) is 17.0. The number of carbonyl (C=O) groups is 1. The second kappa shape index (κ2) is 6.25. The third-order valence-electron chi connectivity index (χ3n) is 3.55. The van der Waals surface area contributed by atoms with Crippen LogP contribution in [0, 0.1) is 0 Å². The number of aromatic amines is 1. The monoisotopic (exact) mass is 365 g/mol. The Labute approximate surface area is 145 Å². The van der Waals surface area contributed by atoms with Crippen LogP contribution >= 0.6 is 11.6 Å². The van der Waals surface area contributed by atoms with E-state index < -0.39 is 17.6 Å². The molecule has 1 amide bonds. The third-order valence-corrected chi connectivity index (χ3v) is 3.77. The Morgan fingerprint density at radius 3 is 2.64 bits per heavy atom. The van der Waals surface area contributed by atoms with E-state index in [4.69, 9.17) is 17.3 Å². The molecule has 2 aromatic heterocycles. The molecule has 128 valence electrons. The number of carbonyl (C=O) groups excluding carboxylic acids is 1. The summed E-state index contributed by atoms with van der Waals surface area (Å²) in [5, 5.41) is 0.622. The zero-order valence-electron chi connectivity index (χ0n) is 12.6. The van der Waals surface area contributed by atoms with Gasteiger partial charge in [-0.1, -0.05) is 11.6 Å². The summed E-state index contributed by atoms with van der Waals surface area (Å²) < 4.78 is 38.9. The van der Waals surface area contributed by atoms with Gasteiger partial charge in [0, 0.05) is 40.0 Å². The number of primary amides is 1. The maximum atomic E-state index is 13.0. The van der Waals surface area contributed by atoms with Crippen LogP contribution in [0.25, 0.3) is 28.2 Å². The van der Waals surface area contributed by atoms with Crippen LogP contribution in [0.3, 0.4) is 0 Å².